The molecule has 0 atom stereocenters. The predicted octanol–water partition coefficient (Wildman–Crippen LogP) is 1.89. The lowest BCUT2D eigenvalue weighted by Crippen LogP contribution is -2.29. The molecule has 0 fully saturated rings. The Morgan fingerprint density at radius 3 is 3.04 bits per heavy atom. The first-order valence-corrected chi connectivity index (χ1v) is 9.71. The van der Waals surface area contributed by atoms with Gasteiger partial charge in [-0.3, -0.25) is 14.9 Å². The van der Waals surface area contributed by atoms with Crippen LogP contribution in [0.15, 0.2) is 6.20 Å². The molecule has 0 saturated heterocycles. The summed E-state index contributed by atoms with van der Waals surface area (Å²) in [6.45, 7) is 4.45. The molecule has 3 heterocycles. The van der Waals surface area contributed by atoms with Crippen LogP contribution in [-0.4, -0.2) is 27.6 Å². The van der Waals surface area contributed by atoms with Gasteiger partial charge in [-0.2, -0.15) is 5.10 Å². The van der Waals surface area contributed by atoms with E-state index in [0.29, 0.717) is 19.4 Å². The monoisotopic (exact) mass is 353 g/mol. The molecule has 1 aliphatic carbocycles. The van der Waals surface area contributed by atoms with Crippen LogP contribution in [0.2, 0.25) is 0 Å². The molecule has 6 heteroatoms. The molecular formula is C20H27N5O. The topological polar surface area (TPSA) is 82.7 Å². The number of aromatic amines is 1. The standard InChI is InChI=1S/C20H27N5O/c1-13-17(15-8-9-21-10-14(15)11-22-13)12-23-20(26)7-6-19-16-4-2-3-5-18(16)24-25-19/h11,21H,2-10,12H2,1H3,(H,23,26)(H,24,25). The Morgan fingerprint density at radius 1 is 1.23 bits per heavy atom. The van der Waals surface area contributed by atoms with Crippen LogP contribution in [-0.2, 0) is 43.6 Å². The predicted molar refractivity (Wildman–Crippen MR) is 99.8 cm³/mol. The molecule has 4 rings (SSSR count). The molecule has 138 valence electrons. The van der Waals surface area contributed by atoms with E-state index < -0.39 is 0 Å². The maximum absolute atomic E-state index is 12.4. The van der Waals surface area contributed by atoms with Crippen LogP contribution in [0.1, 0.15) is 58.6 Å². The Bertz CT molecular complexity index is 811. The number of carbonyl (C=O) groups excluding carboxylic acids is 1. The van der Waals surface area contributed by atoms with E-state index in [1.165, 1.54) is 40.8 Å². The summed E-state index contributed by atoms with van der Waals surface area (Å²) in [4.78, 5) is 16.9. The number of nitrogens with one attached hydrogen (secondary N) is 3. The molecule has 0 saturated carbocycles. The number of fused-ring (bicyclic) bond motifs is 2. The third-order valence-electron chi connectivity index (χ3n) is 5.66. The first-order valence-electron chi connectivity index (χ1n) is 9.71. The molecule has 0 spiro atoms. The van der Waals surface area contributed by atoms with Gasteiger partial charge in [0.1, 0.15) is 0 Å². The van der Waals surface area contributed by atoms with Gasteiger partial charge in [-0.15, -0.1) is 0 Å². The van der Waals surface area contributed by atoms with E-state index in [0.717, 1.165) is 43.7 Å². The van der Waals surface area contributed by atoms with E-state index in [9.17, 15) is 4.79 Å². The van der Waals surface area contributed by atoms with Crippen molar-refractivity contribution in [3.63, 3.8) is 0 Å². The Kier molecular flexibility index (Phi) is 5.02. The SMILES string of the molecule is Cc1ncc2c(c1CNC(=O)CCc1n[nH]c3c1CCCC3)CCNC2. The first kappa shape index (κ1) is 17.2. The number of amides is 1. The molecule has 3 N–H and O–H groups in total. The Labute approximate surface area is 154 Å². The van der Waals surface area contributed by atoms with Crippen molar-refractivity contribution < 1.29 is 4.79 Å². The van der Waals surface area contributed by atoms with Crippen molar-refractivity contribution in [1.29, 1.82) is 0 Å². The lowest BCUT2D eigenvalue weighted by atomic mass is 9.94. The summed E-state index contributed by atoms with van der Waals surface area (Å²) in [7, 11) is 0. The summed E-state index contributed by atoms with van der Waals surface area (Å²) < 4.78 is 0. The van der Waals surface area contributed by atoms with Gasteiger partial charge in [0.25, 0.3) is 0 Å². The average Bonchev–Trinajstić information content (AvgIpc) is 3.09. The molecule has 2 aromatic heterocycles. The number of carbonyl (C=O) groups is 1. The van der Waals surface area contributed by atoms with E-state index >= 15 is 0 Å². The van der Waals surface area contributed by atoms with Crippen molar-refractivity contribution in [2.24, 2.45) is 0 Å². The van der Waals surface area contributed by atoms with Gasteiger partial charge in [0.05, 0.1) is 5.69 Å². The van der Waals surface area contributed by atoms with Gasteiger partial charge < -0.3 is 10.6 Å². The maximum atomic E-state index is 12.4. The first-order chi connectivity index (χ1) is 12.7. The summed E-state index contributed by atoms with van der Waals surface area (Å²) in [5, 5.41) is 14.1. The third kappa shape index (κ3) is 3.51. The van der Waals surface area contributed by atoms with Crippen LogP contribution < -0.4 is 10.6 Å². The number of H-pyrrole nitrogens is 1. The van der Waals surface area contributed by atoms with E-state index in [1.807, 2.05) is 13.1 Å². The molecule has 26 heavy (non-hydrogen) atoms. The fraction of sp³-hybridized carbons (Fsp3) is 0.550. The summed E-state index contributed by atoms with van der Waals surface area (Å²) >= 11 is 0. The van der Waals surface area contributed by atoms with Crippen LogP contribution in [0.4, 0.5) is 0 Å². The second-order valence-electron chi connectivity index (χ2n) is 7.36. The molecule has 2 aliphatic rings. The highest BCUT2D eigenvalue weighted by Crippen LogP contribution is 2.23. The number of aryl methyl sites for hydroxylation is 3. The van der Waals surface area contributed by atoms with Crippen LogP contribution in [0.5, 0.6) is 0 Å². The molecule has 0 bridgehead atoms. The fourth-order valence-electron chi connectivity index (χ4n) is 4.14. The van der Waals surface area contributed by atoms with Crippen LogP contribution in [0.3, 0.4) is 0 Å². The fourth-order valence-corrected chi connectivity index (χ4v) is 4.14. The minimum atomic E-state index is 0.0866. The van der Waals surface area contributed by atoms with Gasteiger partial charge in [-0.1, -0.05) is 0 Å². The molecule has 6 nitrogen and oxygen atoms in total. The number of pyridine rings is 1. The molecule has 1 amide bonds. The second kappa shape index (κ2) is 7.58. The Hall–Kier alpha value is -2.21. The van der Waals surface area contributed by atoms with E-state index in [1.54, 1.807) is 0 Å². The van der Waals surface area contributed by atoms with Crippen molar-refractivity contribution in [2.75, 3.05) is 6.54 Å². The van der Waals surface area contributed by atoms with Crippen LogP contribution >= 0.6 is 0 Å². The number of aromatic nitrogens is 3. The van der Waals surface area contributed by atoms with E-state index in [2.05, 4.69) is 25.8 Å². The summed E-state index contributed by atoms with van der Waals surface area (Å²) in [6, 6.07) is 0. The summed E-state index contributed by atoms with van der Waals surface area (Å²) in [5.74, 6) is 0.0866. The van der Waals surface area contributed by atoms with Crippen molar-refractivity contribution in [2.45, 2.75) is 65.0 Å². The number of hydrogen-bond donors (Lipinski definition) is 3. The van der Waals surface area contributed by atoms with Gasteiger partial charge in [-0.05, 0) is 67.8 Å². The highest BCUT2D eigenvalue weighted by molar-refractivity contribution is 5.76. The summed E-state index contributed by atoms with van der Waals surface area (Å²) in [5.41, 5.74) is 8.54. The average molecular weight is 353 g/mol. The van der Waals surface area contributed by atoms with Gasteiger partial charge in [-0.25, -0.2) is 0 Å². The number of hydrogen-bond acceptors (Lipinski definition) is 4. The Morgan fingerprint density at radius 2 is 2.12 bits per heavy atom. The van der Waals surface area contributed by atoms with Gasteiger partial charge in [0.15, 0.2) is 0 Å². The summed E-state index contributed by atoms with van der Waals surface area (Å²) in [6.07, 6.45) is 8.82. The minimum absolute atomic E-state index is 0.0866. The van der Waals surface area contributed by atoms with Crippen molar-refractivity contribution in [3.8, 4) is 0 Å². The van der Waals surface area contributed by atoms with Crippen LogP contribution in [0, 0.1) is 6.92 Å². The van der Waals surface area contributed by atoms with E-state index in [-0.39, 0.29) is 5.91 Å². The van der Waals surface area contributed by atoms with E-state index in [4.69, 9.17) is 0 Å². The van der Waals surface area contributed by atoms with Gasteiger partial charge >= 0.3 is 0 Å². The molecule has 0 aromatic carbocycles. The van der Waals surface area contributed by atoms with Gasteiger partial charge in [0, 0.05) is 43.5 Å². The molecule has 0 unspecified atom stereocenters. The lowest BCUT2D eigenvalue weighted by Gasteiger charge is -2.21. The zero-order valence-electron chi connectivity index (χ0n) is 15.5. The molecular weight excluding hydrogens is 326 g/mol. The Balaban J connectivity index is 1.35. The van der Waals surface area contributed by atoms with Crippen LogP contribution in [0.25, 0.3) is 0 Å². The normalized spacial score (nSPS) is 16.0. The van der Waals surface area contributed by atoms with Crippen molar-refractivity contribution >= 4 is 5.91 Å². The molecule has 1 aliphatic heterocycles. The zero-order chi connectivity index (χ0) is 17.9. The minimum Gasteiger partial charge on any atom is -0.352 e. The van der Waals surface area contributed by atoms with Crippen molar-refractivity contribution in [3.05, 3.63) is 45.5 Å². The number of nitrogens with zero attached hydrogens (tertiary/aromatic N) is 2. The highest BCUT2D eigenvalue weighted by Gasteiger charge is 2.18. The zero-order valence-corrected chi connectivity index (χ0v) is 15.5. The largest absolute Gasteiger partial charge is 0.352 e. The lowest BCUT2D eigenvalue weighted by molar-refractivity contribution is -0.121. The highest BCUT2D eigenvalue weighted by atomic mass is 16.1. The maximum Gasteiger partial charge on any atom is 0.220 e. The number of rotatable bonds is 5. The third-order valence-corrected chi connectivity index (χ3v) is 5.66. The second-order valence-corrected chi connectivity index (χ2v) is 7.36. The van der Waals surface area contributed by atoms with Gasteiger partial charge in [0.2, 0.25) is 5.91 Å². The smallest absolute Gasteiger partial charge is 0.220 e. The van der Waals surface area contributed by atoms with Crippen molar-refractivity contribution in [1.82, 2.24) is 25.8 Å². The quantitative estimate of drug-likeness (QED) is 0.767. The molecule has 2 aromatic rings. The molecule has 0 radical (unpaired) electrons.